The Labute approximate surface area is 220 Å². The Bertz CT molecular complexity index is 1640. The van der Waals surface area contributed by atoms with E-state index in [1.165, 1.54) is 31.5 Å². The van der Waals surface area contributed by atoms with Crippen LogP contribution >= 0.6 is 0 Å². The number of nitrogens with one attached hydrogen (secondary N) is 1. The highest BCUT2D eigenvalue weighted by atomic mass is 32.2. The second-order valence-electron chi connectivity index (χ2n) is 9.98. The molecule has 4 aromatic rings. The van der Waals surface area contributed by atoms with E-state index in [0.29, 0.717) is 27.9 Å². The largest absolute Gasteiger partial charge is 0.495 e. The zero-order valence-corrected chi connectivity index (χ0v) is 22.8. The van der Waals surface area contributed by atoms with Gasteiger partial charge in [-0.1, -0.05) is 0 Å². The maximum Gasteiger partial charge on any atom is 0.228 e. The monoisotopic (exact) mass is 540 g/mol. The maximum absolute atomic E-state index is 15.0. The van der Waals surface area contributed by atoms with Gasteiger partial charge in [-0.25, -0.2) is 12.8 Å². The molecule has 1 amide bonds. The minimum atomic E-state index is -3.60. The first kappa shape index (κ1) is 27.1. The van der Waals surface area contributed by atoms with Crippen molar-refractivity contribution >= 4 is 32.3 Å². The van der Waals surface area contributed by atoms with Crippen molar-refractivity contribution in [1.29, 1.82) is 0 Å². The molecule has 0 unspecified atom stereocenters. The van der Waals surface area contributed by atoms with Crippen LogP contribution in [-0.2, 0) is 26.6 Å². The molecule has 1 N–H and O–H groups in total. The van der Waals surface area contributed by atoms with Crippen LogP contribution in [0.4, 0.5) is 10.1 Å². The Kier molecular flexibility index (Phi) is 7.16. The van der Waals surface area contributed by atoms with E-state index in [0.717, 1.165) is 6.26 Å². The van der Waals surface area contributed by atoms with Crippen LogP contribution in [0.2, 0.25) is 0 Å². The van der Waals surface area contributed by atoms with Gasteiger partial charge in [-0.3, -0.25) is 14.5 Å². The molecule has 0 aliphatic carbocycles. The van der Waals surface area contributed by atoms with Gasteiger partial charge in [-0.05, 0) is 57.0 Å². The quantitative estimate of drug-likeness (QED) is 0.350. The predicted octanol–water partition coefficient (Wildman–Crippen LogP) is 5.02. The van der Waals surface area contributed by atoms with Crippen molar-refractivity contribution in [3.8, 4) is 17.2 Å². The van der Waals surface area contributed by atoms with Crippen molar-refractivity contribution in [2.45, 2.75) is 44.6 Å². The SMILES string of the molecule is COc1cc2nccc(Oc3cc(F)c(CC(=O)Nc4cnn(C(C)(C)C)c4)cc3C)c2cc1S(C)(=O)=O. The van der Waals surface area contributed by atoms with Gasteiger partial charge in [-0.15, -0.1) is 0 Å². The summed E-state index contributed by atoms with van der Waals surface area (Å²) in [6.07, 6.45) is 5.68. The van der Waals surface area contributed by atoms with E-state index in [9.17, 15) is 13.2 Å². The minimum absolute atomic E-state index is 0.0114. The van der Waals surface area contributed by atoms with Gasteiger partial charge < -0.3 is 14.8 Å². The average Bonchev–Trinajstić information content (AvgIpc) is 3.30. The summed E-state index contributed by atoms with van der Waals surface area (Å²) >= 11 is 0. The molecule has 38 heavy (non-hydrogen) atoms. The van der Waals surface area contributed by atoms with Crippen molar-refractivity contribution < 1.29 is 27.1 Å². The standard InChI is InChI=1S/C27H29FN4O5S/c1-16-9-17(10-26(33)31-18-14-30-32(15-18)27(2,3)4)20(28)12-23(16)37-22-7-8-29-21-13-24(36-5)25(11-19(21)22)38(6,34)35/h7-9,11-15H,10H2,1-6H3,(H,31,33). The number of halogens is 1. The molecule has 0 fully saturated rings. The molecule has 11 heteroatoms. The zero-order valence-electron chi connectivity index (χ0n) is 22.0. The van der Waals surface area contributed by atoms with Gasteiger partial charge in [0.25, 0.3) is 0 Å². The molecule has 2 aromatic heterocycles. The normalized spacial score (nSPS) is 12.0. The van der Waals surface area contributed by atoms with E-state index in [4.69, 9.17) is 9.47 Å². The van der Waals surface area contributed by atoms with Crippen LogP contribution in [0.5, 0.6) is 17.2 Å². The number of anilines is 1. The molecule has 4 rings (SSSR count). The van der Waals surface area contributed by atoms with Gasteiger partial charge >= 0.3 is 0 Å². The number of hydrogen-bond acceptors (Lipinski definition) is 7. The van der Waals surface area contributed by atoms with E-state index in [1.54, 1.807) is 36.1 Å². The number of aromatic nitrogens is 3. The third-order valence-corrected chi connectivity index (χ3v) is 6.97. The lowest BCUT2D eigenvalue weighted by Crippen LogP contribution is -2.22. The third kappa shape index (κ3) is 5.77. The van der Waals surface area contributed by atoms with Gasteiger partial charge in [0, 0.05) is 36.2 Å². The Hall–Kier alpha value is -3.99. The van der Waals surface area contributed by atoms with E-state index >= 15 is 4.39 Å². The number of ether oxygens (including phenoxy) is 2. The molecule has 0 spiro atoms. The molecule has 0 saturated carbocycles. The molecule has 0 aliphatic heterocycles. The number of aryl methyl sites for hydroxylation is 1. The topological polar surface area (TPSA) is 112 Å². The first-order valence-corrected chi connectivity index (χ1v) is 13.6. The number of nitrogens with zero attached hydrogens (tertiary/aromatic N) is 3. The number of methoxy groups -OCH3 is 1. The molecular weight excluding hydrogens is 511 g/mol. The zero-order chi connectivity index (χ0) is 27.8. The highest BCUT2D eigenvalue weighted by Crippen LogP contribution is 2.36. The van der Waals surface area contributed by atoms with Crippen LogP contribution < -0.4 is 14.8 Å². The summed E-state index contributed by atoms with van der Waals surface area (Å²) < 4.78 is 52.6. The number of benzene rings is 2. The highest BCUT2D eigenvalue weighted by molar-refractivity contribution is 7.90. The third-order valence-electron chi connectivity index (χ3n) is 5.85. The molecule has 2 heterocycles. The summed E-state index contributed by atoms with van der Waals surface area (Å²) in [5, 5.41) is 7.42. The van der Waals surface area contributed by atoms with Gasteiger partial charge in [-0.2, -0.15) is 5.10 Å². The summed E-state index contributed by atoms with van der Waals surface area (Å²) in [7, 11) is -2.22. The summed E-state index contributed by atoms with van der Waals surface area (Å²) in [6, 6.07) is 7.27. The van der Waals surface area contributed by atoms with Crippen LogP contribution in [-0.4, -0.2) is 42.5 Å². The second-order valence-corrected chi connectivity index (χ2v) is 12.0. The Morgan fingerprint density at radius 1 is 1.13 bits per heavy atom. The van der Waals surface area contributed by atoms with Gasteiger partial charge in [0.2, 0.25) is 5.91 Å². The average molecular weight is 541 g/mol. The van der Waals surface area contributed by atoms with Crippen LogP contribution in [0.1, 0.15) is 31.9 Å². The molecule has 0 saturated heterocycles. The number of sulfone groups is 1. The smallest absolute Gasteiger partial charge is 0.228 e. The van der Waals surface area contributed by atoms with Crippen LogP contribution in [0.25, 0.3) is 10.9 Å². The van der Waals surface area contributed by atoms with E-state index in [1.807, 2.05) is 20.8 Å². The van der Waals surface area contributed by atoms with Crippen molar-refractivity contribution in [3.05, 3.63) is 65.9 Å². The number of hydrogen-bond donors (Lipinski definition) is 1. The number of rotatable bonds is 7. The number of pyridine rings is 1. The summed E-state index contributed by atoms with van der Waals surface area (Å²) in [5.74, 6) is -0.301. The number of fused-ring (bicyclic) bond motifs is 1. The fourth-order valence-electron chi connectivity index (χ4n) is 3.89. The lowest BCUT2D eigenvalue weighted by atomic mass is 10.1. The molecule has 9 nitrogen and oxygen atoms in total. The molecule has 2 aromatic carbocycles. The van der Waals surface area contributed by atoms with Gasteiger partial charge in [0.1, 0.15) is 28.0 Å². The predicted molar refractivity (Wildman–Crippen MR) is 142 cm³/mol. The molecule has 0 atom stereocenters. The molecule has 0 aliphatic rings. The van der Waals surface area contributed by atoms with Crippen LogP contribution in [0, 0.1) is 12.7 Å². The van der Waals surface area contributed by atoms with Crippen LogP contribution in [0.3, 0.4) is 0 Å². The number of amides is 1. The fourth-order valence-corrected chi connectivity index (χ4v) is 4.73. The van der Waals surface area contributed by atoms with E-state index in [-0.39, 0.29) is 39.8 Å². The first-order chi connectivity index (χ1) is 17.8. The van der Waals surface area contributed by atoms with Crippen molar-refractivity contribution in [3.63, 3.8) is 0 Å². The van der Waals surface area contributed by atoms with Crippen LogP contribution in [0.15, 0.2) is 53.8 Å². The molecule has 0 radical (unpaired) electrons. The second kappa shape index (κ2) is 10.1. The van der Waals surface area contributed by atoms with Crippen molar-refractivity contribution in [2.24, 2.45) is 0 Å². The summed E-state index contributed by atoms with van der Waals surface area (Å²) in [4.78, 5) is 16.8. The Morgan fingerprint density at radius 2 is 1.87 bits per heavy atom. The maximum atomic E-state index is 15.0. The highest BCUT2D eigenvalue weighted by Gasteiger charge is 2.20. The molecule has 0 bridgehead atoms. The summed E-state index contributed by atoms with van der Waals surface area (Å²) in [5.41, 5.74) is 1.54. The van der Waals surface area contributed by atoms with Crippen molar-refractivity contribution in [1.82, 2.24) is 14.8 Å². The minimum Gasteiger partial charge on any atom is -0.495 e. The molecular formula is C27H29FN4O5S. The van der Waals surface area contributed by atoms with Gasteiger partial charge in [0.05, 0.1) is 36.5 Å². The number of carbonyl (C=O) groups is 1. The van der Waals surface area contributed by atoms with Crippen molar-refractivity contribution in [2.75, 3.05) is 18.7 Å². The van der Waals surface area contributed by atoms with E-state index in [2.05, 4.69) is 15.4 Å². The Balaban J connectivity index is 1.58. The molecule has 200 valence electrons. The van der Waals surface area contributed by atoms with E-state index < -0.39 is 15.7 Å². The fraction of sp³-hybridized carbons (Fsp3) is 0.296. The Morgan fingerprint density at radius 3 is 2.50 bits per heavy atom. The first-order valence-electron chi connectivity index (χ1n) is 11.7. The lowest BCUT2D eigenvalue weighted by molar-refractivity contribution is -0.115. The lowest BCUT2D eigenvalue weighted by Gasteiger charge is -2.18. The summed E-state index contributed by atoms with van der Waals surface area (Å²) in [6.45, 7) is 7.70. The number of carbonyl (C=O) groups excluding carboxylic acids is 1. The van der Waals surface area contributed by atoms with Gasteiger partial charge in [0.15, 0.2) is 9.84 Å².